The third-order valence-electron chi connectivity index (χ3n) is 5.31. The first-order valence-corrected chi connectivity index (χ1v) is 11.7. The van der Waals surface area contributed by atoms with E-state index in [1.54, 1.807) is 18.4 Å². The molecule has 1 unspecified atom stereocenters. The number of nitrogens with zero attached hydrogens (tertiary/aromatic N) is 4. The van der Waals surface area contributed by atoms with Crippen LogP contribution in [-0.2, 0) is 29.2 Å². The molecule has 1 aliphatic heterocycles. The summed E-state index contributed by atoms with van der Waals surface area (Å²) in [5.74, 6) is 1.10. The minimum Gasteiger partial charge on any atom is -0.375 e. The molecule has 1 amide bonds. The summed E-state index contributed by atoms with van der Waals surface area (Å²) in [4.78, 5) is 25.5. The van der Waals surface area contributed by atoms with Gasteiger partial charge in [0, 0.05) is 45.6 Å². The Balaban J connectivity index is 0.00000363. The van der Waals surface area contributed by atoms with Crippen LogP contribution in [0.4, 0.5) is 0 Å². The molecule has 32 heavy (non-hydrogen) atoms. The van der Waals surface area contributed by atoms with E-state index < -0.39 is 0 Å². The number of halogens is 1. The van der Waals surface area contributed by atoms with E-state index in [1.807, 2.05) is 24.9 Å². The number of carbonyl (C=O) groups is 1. The lowest BCUT2D eigenvalue weighted by Gasteiger charge is -2.21. The summed E-state index contributed by atoms with van der Waals surface area (Å²) in [6.45, 7) is 7.67. The van der Waals surface area contributed by atoms with E-state index in [0.717, 1.165) is 47.3 Å². The van der Waals surface area contributed by atoms with Gasteiger partial charge in [-0.1, -0.05) is 24.3 Å². The Morgan fingerprint density at radius 1 is 1.41 bits per heavy atom. The molecule has 0 radical (unpaired) electrons. The third kappa shape index (κ3) is 7.41. The maximum absolute atomic E-state index is 11.9. The summed E-state index contributed by atoms with van der Waals surface area (Å²) in [6.07, 6.45) is 1.65. The first-order chi connectivity index (χ1) is 15.0. The van der Waals surface area contributed by atoms with E-state index in [9.17, 15) is 4.79 Å². The van der Waals surface area contributed by atoms with Crippen molar-refractivity contribution in [2.75, 3.05) is 27.2 Å². The Hall–Kier alpha value is -1.72. The van der Waals surface area contributed by atoms with Crippen LogP contribution in [0.2, 0.25) is 0 Å². The summed E-state index contributed by atoms with van der Waals surface area (Å²) < 4.78 is 5.36. The van der Waals surface area contributed by atoms with Gasteiger partial charge in [-0.05, 0) is 31.4 Å². The van der Waals surface area contributed by atoms with Gasteiger partial charge in [0.05, 0.1) is 18.8 Å². The maximum Gasteiger partial charge on any atom is 0.222 e. The lowest BCUT2D eigenvalue weighted by atomic mass is 10.1. The fourth-order valence-corrected chi connectivity index (χ4v) is 4.40. The van der Waals surface area contributed by atoms with Gasteiger partial charge in [-0.3, -0.25) is 4.79 Å². The van der Waals surface area contributed by atoms with E-state index in [0.29, 0.717) is 26.1 Å². The molecule has 2 heterocycles. The van der Waals surface area contributed by atoms with Gasteiger partial charge in [0.15, 0.2) is 5.96 Å². The number of methoxy groups -OCH3 is 1. The number of amides is 1. The highest BCUT2D eigenvalue weighted by Crippen LogP contribution is 2.21. The van der Waals surface area contributed by atoms with Crippen molar-refractivity contribution < 1.29 is 9.53 Å². The quantitative estimate of drug-likeness (QED) is 0.278. The van der Waals surface area contributed by atoms with Gasteiger partial charge >= 0.3 is 0 Å². The molecule has 1 aromatic heterocycles. The summed E-state index contributed by atoms with van der Waals surface area (Å²) in [5.41, 5.74) is 3.30. The maximum atomic E-state index is 11.9. The van der Waals surface area contributed by atoms with Crippen LogP contribution in [0, 0.1) is 0 Å². The van der Waals surface area contributed by atoms with E-state index in [2.05, 4.69) is 45.7 Å². The molecule has 176 valence electrons. The molecule has 2 aromatic rings. The lowest BCUT2D eigenvalue weighted by molar-refractivity contribution is -0.128. The van der Waals surface area contributed by atoms with Crippen LogP contribution in [0.3, 0.4) is 0 Å². The van der Waals surface area contributed by atoms with E-state index in [1.165, 1.54) is 0 Å². The molecule has 1 fully saturated rings. The molecular formula is C23H34IN5O2S. The average molecular weight is 572 g/mol. The zero-order valence-corrected chi connectivity index (χ0v) is 22.5. The number of nitrogens with one attached hydrogen (secondary N) is 1. The molecule has 1 saturated heterocycles. The number of aromatic nitrogens is 1. The van der Waals surface area contributed by atoms with Gasteiger partial charge in [0.25, 0.3) is 0 Å². The van der Waals surface area contributed by atoms with Crippen LogP contribution < -0.4 is 5.32 Å². The number of carbonyl (C=O) groups excluding carboxylic acids is 1. The van der Waals surface area contributed by atoms with Crippen molar-refractivity contribution in [3.63, 3.8) is 0 Å². The molecule has 1 aromatic carbocycles. The highest BCUT2D eigenvalue weighted by Gasteiger charge is 2.20. The number of hydrogen-bond acceptors (Lipinski definition) is 5. The van der Waals surface area contributed by atoms with Crippen LogP contribution in [-0.4, -0.2) is 53.9 Å². The van der Waals surface area contributed by atoms with Gasteiger partial charge in [-0.2, -0.15) is 0 Å². The Morgan fingerprint density at radius 3 is 2.88 bits per heavy atom. The molecular weight excluding hydrogens is 537 g/mol. The van der Waals surface area contributed by atoms with Gasteiger partial charge in [0.1, 0.15) is 11.1 Å². The number of hydrogen-bond donors (Lipinski definition) is 1. The van der Waals surface area contributed by atoms with Crippen molar-refractivity contribution in [1.29, 1.82) is 0 Å². The molecule has 0 saturated carbocycles. The predicted octanol–water partition coefficient (Wildman–Crippen LogP) is 4.19. The predicted molar refractivity (Wildman–Crippen MR) is 140 cm³/mol. The summed E-state index contributed by atoms with van der Waals surface area (Å²) in [5, 5.41) is 6.43. The number of thiazole rings is 1. The Kier molecular flexibility index (Phi) is 10.9. The monoisotopic (exact) mass is 571 g/mol. The minimum atomic E-state index is 0. The molecule has 9 heteroatoms. The highest BCUT2D eigenvalue weighted by molar-refractivity contribution is 14.0. The van der Waals surface area contributed by atoms with Crippen molar-refractivity contribution in [2.45, 2.75) is 52.4 Å². The molecule has 1 aliphatic rings. The van der Waals surface area contributed by atoms with E-state index in [-0.39, 0.29) is 36.0 Å². The smallest absolute Gasteiger partial charge is 0.222 e. The standard InChI is InChI=1S/C23H33N5O2S.HI/c1-5-24-23(27(3)15-20-16-31-22(26-20)17(2)30-4)25-13-18-8-6-9-19(12-18)14-28-11-7-10-21(28)29;/h6,8-9,12,16-17H,5,7,10-11,13-15H2,1-4H3,(H,24,25);1H. The second kappa shape index (κ2) is 13.1. The molecule has 1 N–H and O–H groups in total. The van der Waals surface area contributed by atoms with Crippen LogP contribution in [0.5, 0.6) is 0 Å². The minimum absolute atomic E-state index is 0. The van der Waals surface area contributed by atoms with Gasteiger partial charge in [0.2, 0.25) is 5.91 Å². The van der Waals surface area contributed by atoms with Crippen LogP contribution in [0.1, 0.15) is 54.6 Å². The molecule has 0 spiro atoms. The van der Waals surface area contributed by atoms with Gasteiger partial charge < -0.3 is 19.9 Å². The molecule has 0 aliphatic carbocycles. The Labute approximate surface area is 212 Å². The molecule has 0 bridgehead atoms. The van der Waals surface area contributed by atoms with Crippen molar-refractivity contribution in [1.82, 2.24) is 20.1 Å². The SMILES string of the molecule is CCNC(=NCc1cccc(CN2CCCC2=O)c1)N(C)Cc1csc(C(C)OC)n1.I. The largest absolute Gasteiger partial charge is 0.375 e. The topological polar surface area (TPSA) is 70.1 Å². The number of guanidine groups is 1. The zero-order valence-electron chi connectivity index (χ0n) is 19.3. The highest BCUT2D eigenvalue weighted by atomic mass is 127. The molecule has 3 rings (SSSR count). The fraction of sp³-hybridized carbons (Fsp3) is 0.522. The fourth-order valence-electron chi connectivity index (χ4n) is 3.55. The summed E-state index contributed by atoms with van der Waals surface area (Å²) >= 11 is 1.62. The third-order valence-corrected chi connectivity index (χ3v) is 6.37. The molecule has 7 nitrogen and oxygen atoms in total. The number of likely N-dealkylation sites (tertiary alicyclic amines) is 1. The van der Waals surface area contributed by atoms with Crippen molar-refractivity contribution >= 4 is 47.2 Å². The van der Waals surface area contributed by atoms with Crippen LogP contribution in [0.25, 0.3) is 0 Å². The first-order valence-electron chi connectivity index (χ1n) is 10.8. The molecule has 1 atom stereocenters. The normalized spacial score (nSPS) is 14.9. The number of aliphatic imine (C=N–C) groups is 1. The zero-order chi connectivity index (χ0) is 22.2. The first kappa shape index (κ1) is 26.5. The van der Waals surface area contributed by atoms with Crippen molar-refractivity contribution in [3.05, 3.63) is 51.5 Å². The van der Waals surface area contributed by atoms with E-state index in [4.69, 9.17) is 9.73 Å². The number of ether oxygens (including phenoxy) is 1. The van der Waals surface area contributed by atoms with Crippen molar-refractivity contribution in [3.8, 4) is 0 Å². The van der Waals surface area contributed by atoms with Crippen molar-refractivity contribution in [2.24, 2.45) is 4.99 Å². The van der Waals surface area contributed by atoms with E-state index >= 15 is 0 Å². The summed E-state index contributed by atoms with van der Waals surface area (Å²) in [7, 11) is 3.72. The van der Waals surface area contributed by atoms with Crippen LogP contribution in [0.15, 0.2) is 34.6 Å². The van der Waals surface area contributed by atoms with Crippen LogP contribution >= 0.6 is 35.3 Å². The lowest BCUT2D eigenvalue weighted by Crippen LogP contribution is -2.38. The average Bonchev–Trinajstić information content (AvgIpc) is 3.40. The summed E-state index contributed by atoms with van der Waals surface area (Å²) in [6, 6.07) is 8.36. The number of benzene rings is 1. The number of rotatable bonds is 9. The van der Waals surface area contributed by atoms with Gasteiger partial charge in [-0.15, -0.1) is 35.3 Å². The second-order valence-corrected chi connectivity index (χ2v) is 8.71. The second-order valence-electron chi connectivity index (χ2n) is 7.82. The van der Waals surface area contributed by atoms with Gasteiger partial charge in [-0.25, -0.2) is 9.98 Å². The Morgan fingerprint density at radius 2 is 2.19 bits per heavy atom. The Bertz CT molecular complexity index is 904.